The van der Waals surface area contributed by atoms with Crippen molar-refractivity contribution < 1.29 is 35.6 Å². The van der Waals surface area contributed by atoms with Crippen molar-refractivity contribution in [2.24, 2.45) is 17.8 Å². The van der Waals surface area contributed by atoms with Crippen LogP contribution in [0.3, 0.4) is 0 Å². The minimum Gasteiger partial charge on any atom is -0.358 e. The van der Waals surface area contributed by atoms with Gasteiger partial charge in [0.25, 0.3) is 0 Å². The summed E-state index contributed by atoms with van der Waals surface area (Å²) in [6, 6.07) is 0. The van der Waals surface area contributed by atoms with Crippen LogP contribution in [-0.2, 0) is 32.7 Å². The van der Waals surface area contributed by atoms with Crippen LogP contribution >= 0.6 is 0 Å². The minimum atomic E-state index is 0. The van der Waals surface area contributed by atoms with Gasteiger partial charge in [-0.3, -0.25) is 0 Å². The molecular weight excluding hydrogens is 281 g/mol. The third-order valence-corrected chi connectivity index (χ3v) is 4.30. The van der Waals surface area contributed by atoms with E-state index in [0.29, 0.717) is 0 Å². The molecule has 0 nitrogen and oxygen atoms in total. The molecule has 1 heteroatoms. The van der Waals surface area contributed by atoms with Gasteiger partial charge in [-0.2, -0.15) is 12.8 Å². The maximum absolute atomic E-state index is 3.92. The van der Waals surface area contributed by atoms with Crippen LogP contribution in [0.5, 0.6) is 0 Å². The summed E-state index contributed by atoms with van der Waals surface area (Å²) < 4.78 is 0. The quantitative estimate of drug-likeness (QED) is 0.449. The van der Waals surface area contributed by atoms with Crippen molar-refractivity contribution in [3.63, 3.8) is 0 Å². The van der Waals surface area contributed by atoms with Gasteiger partial charge in [0, 0.05) is 2.85 Å². The fourth-order valence-electron chi connectivity index (χ4n) is 3.28. The van der Waals surface area contributed by atoms with Crippen LogP contribution in [-0.4, -0.2) is 0 Å². The van der Waals surface area contributed by atoms with Gasteiger partial charge in [-0.05, 0) is 43.4 Å². The van der Waals surface area contributed by atoms with Crippen molar-refractivity contribution in [1.29, 1.82) is 0 Å². The molecule has 0 heterocycles. The first kappa shape index (κ1) is 20.2. The molecule has 0 aromatic carbocycles. The second kappa shape index (κ2) is 10.7. The first-order valence-electron chi connectivity index (χ1n) is 6.34. The molecule has 0 bridgehead atoms. The molecule has 0 spiro atoms. The Balaban J connectivity index is -0.000000225. The van der Waals surface area contributed by atoms with Crippen LogP contribution in [0.25, 0.3) is 0 Å². The minimum absolute atomic E-state index is 0. The van der Waals surface area contributed by atoms with Crippen molar-refractivity contribution in [1.82, 2.24) is 0 Å². The maximum atomic E-state index is 3.92. The topological polar surface area (TPSA) is 0 Å². The molecule has 0 N–H and O–H groups in total. The summed E-state index contributed by atoms with van der Waals surface area (Å²) in [4.78, 5) is 0. The second-order valence-corrected chi connectivity index (χ2v) is 5.11. The van der Waals surface area contributed by atoms with Crippen molar-refractivity contribution in [3.8, 4) is 0 Å². The summed E-state index contributed by atoms with van der Waals surface area (Å²) in [5.41, 5.74) is 0. The van der Waals surface area contributed by atoms with Gasteiger partial charge >= 0.3 is 32.7 Å². The molecule has 2 saturated carbocycles. The molecule has 2 aliphatic rings. The SMILES string of the molecule is C=CC1CCC(C2CC[CH-]CC2)CC1.[CH3-].[CH3-].[HH].[HH].[Y+3]. The molecule has 0 atom stereocenters. The maximum Gasteiger partial charge on any atom is 3.00 e. The van der Waals surface area contributed by atoms with Gasteiger partial charge < -0.3 is 21.3 Å². The Kier molecular flexibility index (Phi) is 12.7. The van der Waals surface area contributed by atoms with E-state index in [1.54, 1.807) is 0 Å². The van der Waals surface area contributed by atoms with Crippen LogP contribution in [0.1, 0.15) is 54.2 Å². The first-order valence-corrected chi connectivity index (χ1v) is 6.34. The van der Waals surface area contributed by atoms with E-state index in [9.17, 15) is 0 Å². The summed E-state index contributed by atoms with van der Waals surface area (Å²) in [7, 11) is 0. The third kappa shape index (κ3) is 6.01. The van der Waals surface area contributed by atoms with Gasteiger partial charge in [0.15, 0.2) is 0 Å². The summed E-state index contributed by atoms with van der Waals surface area (Å²) in [5.74, 6) is 2.95. The largest absolute Gasteiger partial charge is 3.00 e. The number of hydrogen-bond donors (Lipinski definition) is 0. The molecule has 0 amide bonds. The zero-order valence-electron chi connectivity index (χ0n) is 11.8. The summed E-state index contributed by atoms with van der Waals surface area (Å²) >= 11 is 0. The number of hydrogen-bond acceptors (Lipinski definition) is 0. The number of allylic oxidation sites excluding steroid dienone is 1. The standard InChI is InChI=1S/C14H23.2CH3.Y.2H2/c1-2-12-8-10-14(11-9-12)13-6-4-3-5-7-13;;;;;/h2-3,12-14H,1,4-11H2;2*1H3;;2*1H/q3*-1;+3;;. The zero-order valence-corrected chi connectivity index (χ0v) is 14.7. The third-order valence-electron chi connectivity index (χ3n) is 4.30. The molecule has 100 valence electrons. The summed E-state index contributed by atoms with van der Waals surface area (Å²) in [6.45, 7) is 3.92. The van der Waals surface area contributed by atoms with E-state index in [-0.39, 0.29) is 50.4 Å². The van der Waals surface area contributed by atoms with E-state index in [4.69, 9.17) is 0 Å². The molecule has 2 rings (SSSR count). The molecule has 0 aromatic heterocycles. The Morgan fingerprint density at radius 2 is 1.35 bits per heavy atom. The van der Waals surface area contributed by atoms with E-state index in [0.717, 1.165) is 17.8 Å². The molecule has 0 saturated heterocycles. The van der Waals surface area contributed by atoms with Gasteiger partial charge in [-0.15, -0.1) is 6.58 Å². The zero-order chi connectivity index (χ0) is 9.80. The predicted molar refractivity (Wildman–Crippen MR) is 79.0 cm³/mol. The van der Waals surface area contributed by atoms with Crippen LogP contribution < -0.4 is 0 Å². The molecule has 0 unspecified atom stereocenters. The van der Waals surface area contributed by atoms with Crippen LogP contribution in [0.4, 0.5) is 0 Å². The smallest absolute Gasteiger partial charge is 0.358 e. The molecule has 2 fully saturated rings. The van der Waals surface area contributed by atoms with Crippen LogP contribution in [0, 0.1) is 39.0 Å². The van der Waals surface area contributed by atoms with E-state index < -0.39 is 0 Å². The second-order valence-electron chi connectivity index (χ2n) is 5.11. The Hall–Kier alpha value is 0.844. The van der Waals surface area contributed by atoms with Gasteiger partial charge in [0.05, 0.1) is 0 Å². The Morgan fingerprint density at radius 3 is 1.82 bits per heavy atom. The van der Waals surface area contributed by atoms with Crippen molar-refractivity contribution in [3.05, 3.63) is 33.9 Å². The fraction of sp³-hybridized carbons (Fsp3) is 0.688. The van der Waals surface area contributed by atoms with Gasteiger partial charge in [-0.25, -0.2) is 0 Å². The van der Waals surface area contributed by atoms with E-state index in [1.807, 2.05) is 0 Å². The molecular formula is C16H33Y. The Labute approximate surface area is 138 Å². The Bertz CT molecular complexity index is 183. The predicted octanol–water partition coefficient (Wildman–Crippen LogP) is 5.76. The van der Waals surface area contributed by atoms with Crippen LogP contribution in [0.15, 0.2) is 12.7 Å². The van der Waals surface area contributed by atoms with Crippen molar-refractivity contribution in [2.75, 3.05) is 0 Å². The first-order chi connectivity index (χ1) is 6.90. The van der Waals surface area contributed by atoms with Gasteiger partial charge in [0.1, 0.15) is 0 Å². The molecule has 0 aromatic rings. The van der Waals surface area contributed by atoms with Crippen molar-refractivity contribution >= 4 is 0 Å². The molecule has 0 aliphatic heterocycles. The van der Waals surface area contributed by atoms with Gasteiger partial charge in [-0.1, -0.05) is 18.9 Å². The Morgan fingerprint density at radius 1 is 0.882 bits per heavy atom. The van der Waals surface area contributed by atoms with Crippen LogP contribution in [0.2, 0.25) is 0 Å². The monoisotopic (exact) mass is 314 g/mol. The average Bonchev–Trinajstić information content (AvgIpc) is 2.30. The van der Waals surface area contributed by atoms with E-state index in [1.165, 1.54) is 51.4 Å². The van der Waals surface area contributed by atoms with E-state index >= 15 is 0 Å². The normalized spacial score (nSPS) is 29.2. The average molecular weight is 314 g/mol. The fourth-order valence-corrected chi connectivity index (χ4v) is 3.28. The van der Waals surface area contributed by atoms with Crippen molar-refractivity contribution in [2.45, 2.75) is 51.4 Å². The van der Waals surface area contributed by atoms with E-state index in [2.05, 4.69) is 19.1 Å². The van der Waals surface area contributed by atoms with Gasteiger partial charge in [0.2, 0.25) is 0 Å². The summed E-state index contributed by atoms with van der Waals surface area (Å²) in [6.07, 6.45) is 16.1. The molecule has 17 heavy (non-hydrogen) atoms. The summed E-state index contributed by atoms with van der Waals surface area (Å²) in [5, 5.41) is 0. The molecule has 2 aliphatic carbocycles. The number of rotatable bonds is 2. The molecule has 0 radical (unpaired) electrons.